The molecule has 0 atom stereocenters. The second kappa shape index (κ2) is 4.75. The van der Waals surface area contributed by atoms with Gasteiger partial charge in [-0.2, -0.15) is 0 Å². The molecule has 82 valence electrons. The first-order chi connectivity index (χ1) is 7.81. The fourth-order valence-corrected chi connectivity index (χ4v) is 1.73. The van der Waals surface area contributed by atoms with E-state index in [1.165, 1.54) is 6.33 Å². The number of nitrogens with zero attached hydrogens (tertiary/aromatic N) is 4. The lowest BCUT2D eigenvalue weighted by Crippen LogP contribution is -2.03. The minimum Gasteiger partial charge on any atom is -0.461 e. The number of carbonyl (C=O) groups is 1. The summed E-state index contributed by atoms with van der Waals surface area (Å²) in [5, 5.41) is 8.42. The molecule has 0 radical (unpaired) electrons. The Bertz CT molecular complexity index is 485. The van der Waals surface area contributed by atoms with Gasteiger partial charge in [-0.1, -0.05) is 11.3 Å². The molecule has 0 aliphatic heterocycles. The van der Waals surface area contributed by atoms with Crippen LogP contribution in [0.1, 0.15) is 16.7 Å². The van der Waals surface area contributed by atoms with Crippen molar-refractivity contribution in [2.45, 2.75) is 6.92 Å². The van der Waals surface area contributed by atoms with Crippen LogP contribution in [0.4, 0.5) is 0 Å². The molecule has 7 heteroatoms. The highest BCUT2D eigenvalue weighted by molar-refractivity contribution is 7.16. The summed E-state index contributed by atoms with van der Waals surface area (Å²) in [6.45, 7) is 2.06. The van der Waals surface area contributed by atoms with Crippen LogP contribution in [0.2, 0.25) is 0 Å². The third kappa shape index (κ3) is 2.19. The maximum Gasteiger partial charge on any atom is 0.369 e. The van der Waals surface area contributed by atoms with Crippen LogP contribution in [0.25, 0.3) is 10.7 Å². The quantitative estimate of drug-likeness (QED) is 0.744. The average Bonchev–Trinajstić information content (AvgIpc) is 2.80. The minimum atomic E-state index is -0.458. The summed E-state index contributed by atoms with van der Waals surface area (Å²) in [5.74, 6) is -0.458. The molecule has 0 amide bonds. The SMILES string of the molecule is CCOC(=O)c1nnc(-c2ccncn2)s1. The molecule has 0 bridgehead atoms. The van der Waals surface area contributed by atoms with Crippen molar-refractivity contribution in [2.24, 2.45) is 0 Å². The van der Waals surface area contributed by atoms with Gasteiger partial charge in [0.2, 0.25) is 5.01 Å². The van der Waals surface area contributed by atoms with Gasteiger partial charge in [-0.05, 0) is 13.0 Å². The Morgan fingerprint density at radius 2 is 2.38 bits per heavy atom. The van der Waals surface area contributed by atoms with Gasteiger partial charge in [-0.3, -0.25) is 0 Å². The topological polar surface area (TPSA) is 77.9 Å². The van der Waals surface area contributed by atoms with Crippen LogP contribution in [0, 0.1) is 0 Å². The van der Waals surface area contributed by atoms with Crippen molar-refractivity contribution in [1.29, 1.82) is 0 Å². The van der Waals surface area contributed by atoms with E-state index in [0.29, 0.717) is 17.3 Å². The van der Waals surface area contributed by atoms with Gasteiger partial charge >= 0.3 is 5.97 Å². The van der Waals surface area contributed by atoms with Crippen LogP contribution in [-0.2, 0) is 4.74 Å². The molecular weight excluding hydrogens is 228 g/mol. The molecule has 2 heterocycles. The Hall–Kier alpha value is -1.89. The van der Waals surface area contributed by atoms with Gasteiger partial charge < -0.3 is 4.74 Å². The Balaban J connectivity index is 2.23. The molecule has 0 saturated carbocycles. The monoisotopic (exact) mass is 236 g/mol. The maximum atomic E-state index is 11.3. The Kier molecular flexibility index (Phi) is 3.16. The zero-order chi connectivity index (χ0) is 11.4. The fourth-order valence-electron chi connectivity index (χ4n) is 1.02. The standard InChI is InChI=1S/C9H8N4O2S/c1-2-15-9(14)8-13-12-7(16-8)6-3-4-10-5-11-6/h3-5H,2H2,1H3. The summed E-state index contributed by atoms with van der Waals surface area (Å²) in [6, 6.07) is 1.70. The van der Waals surface area contributed by atoms with E-state index in [4.69, 9.17) is 4.74 Å². The molecule has 0 fully saturated rings. The van der Waals surface area contributed by atoms with Crippen molar-refractivity contribution in [3.63, 3.8) is 0 Å². The van der Waals surface area contributed by atoms with Crippen LogP contribution >= 0.6 is 11.3 Å². The first-order valence-corrected chi connectivity index (χ1v) is 5.40. The molecule has 2 rings (SSSR count). The van der Waals surface area contributed by atoms with Crippen LogP contribution in [0.5, 0.6) is 0 Å². The highest BCUT2D eigenvalue weighted by Gasteiger charge is 2.14. The number of ether oxygens (including phenoxy) is 1. The summed E-state index contributed by atoms with van der Waals surface area (Å²) >= 11 is 1.15. The number of carbonyl (C=O) groups excluding carboxylic acids is 1. The molecule has 0 spiro atoms. The van der Waals surface area contributed by atoms with Crippen molar-refractivity contribution < 1.29 is 9.53 Å². The summed E-state index contributed by atoms with van der Waals surface area (Å²) in [7, 11) is 0. The lowest BCUT2D eigenvalue weighted by molar-refractivity contribution is 0.0525. The van der Waals surface area contributed by atoms with Crippen molar-refractivity contribution >= 4 is 17.3 Å². The highest BCUT2D eigenvalue weighted by atomic mass is 32.1. The van der Waals surface area contributed by atoms with E-state index in [2.05, 4.69) is 20.2 Å². The van der Waals surface area contributed by atoms with E-state index in [9.17, 15) is 4.79 Å². The predicted octanol–water partition coefficient (Wildman–Crippen LogP) is 1.17. The van der Waals surface area contributed by atoms with Crippen molar-refractivity contribution in [3.05, 3.63) is 23.6 Å². The molecule has 0 aliphatic rings. The molecule has 16 heavy (non-hydrogen) atoms. The van der Waals surface area contributed by atoms with Gasteiger partial charge in [0, 0.05) is 6.20 Å². The van der Waals surface area contributed by atoms with E-state index in [1.54, 1.807) is 19.2 Å². The van der Waals surface area contributed by atoms with Crippen molar-refractivity contribution in [1.82, 2.24) is 20.2 Å². The Labute approximate surface area is 95.3 Å². The molecule has 2 aromatic rings. The van der Waals surface area contributed by atoms with Crippen LogP contribution in [0.3, 0.4) is 0 Å². The van der Waals surface area contributed by atoms with Gasteiger partial charge in [-0.25, -0.2) is 14.8 Å². The summed E-state index contributed by atoms with van der Waals surface area (Å²) < 4.78 is 4.81. The number of esters is 1. The van der Waals surface area contributed by atoms with E-state index >= 15 is 0 Å². The second-order valence-corrected chi connectivity index (χ2v) is 3.70. The van der Waals surface area contributed by atoms with Crippen molar-refractivity contribution in [3.8, 4) is 10.7 Å². The second-order valence-electron chi connectivity index (χ2n) is 2.73. The van der Waals surface area contributed by atoms with E-state index in [1.807, 2.05) is 0 Å². The lowest BCUT2D eigenvalue weighted by atomic mass is 10.4. The van der Waals surface area contributed by atoms with Gasteiger partial charge in [0.15, 0.2) is 5.01 Å². The fraction of sp³-hybridized carbons (Fsp3) is 0.222. The zero-order valence-corrected chi connectivity index (χ0v) is 9.27. The highest BCUT2D eigenvalue weighted by Crippen LogP contribution is 2.20. The van der Waals surface area contributed by atoms with Crippen LogP contribution in [0.15, 0.2) is 18.6 Å². The van der Waals surface area contributed by atoms with Gasteiger partial charge in [0.1, 0.15) is 12.0 Å². The van der Waals surface area contributed by atoms with Crippen LogP contribution < -0.4 is 0 Å². The molecular formula is C9H8N4O2S. The molecule has 0 saturated heterocycles. The van der Waals surface area contributed by atoms with Gasteiger partial charge in [0.05, 0.1) is 6.61 Å². The molecule has 0 aromatic carbocycles. The Morgan fingerprint density at radius 1 is 1.50 bits per heavy atom. The summed E-state index contributed by atoms with van der Waals surface area (Å²) in [6.07, 6.45) is 3.02. The molecule has 0 unspecified atom stereocenters. The average molecular weight is 236 g/mol. The predicted molar refractivity (Wildman–Crippen MR) is 56.9 cm³/mol. The minimum absolute atomic E-state index is 0.232. The third-order valence-corrected chi connectivity index (χ3v) is 2.60. The smallest absolute Gasteiger partial charge is 0.369 e. The molecule has 6 nitrogen and oxygen atoms in total. The Morgan fingerprint density at radius 3 is 3.06 bits per heavy atom. The lowest BCUT2D eigenvalue weighted by Gasteiger charge is -1.94. The first kappa shape index (κ1) is 10.6. The van der Waals surface area contributed by atoms with Gasteiger partial charge in [0.25, 0.3) is 0 Å². The van der Waals surface area contributed by atoms with Crippen LogP contribution in [-0.4, -0.2) is 32.7 Å². The molecule has 2 aromatic heterocycles. The maximum absolute atomic E-state index is 11.3. The largest absolute Gasteiger partial charge is 0.461 e. The zero-order valence-electron chi connectivity index (χ0n) is 8.45. The van der Waals surface area contributed by atoms with E-state index in [-0.39, 0.29) is 5.01 Å². The number of hydrogen-bond acceptors (Lipinski definition) is 7. The van der Waals surface area contributed by atoms with Gasteiger partial charge in [-0.15, -0.1) is 10.2 Å². The van der Waals surface area contributed by atoms with E-state index < -0.39 is 5.97 Å². The number of aromatic nitrogens is 4. The normalized spacial score (nSPS) is 10.1. The third-order valence-electron chi connectivity index (χ3n) is 1.68. The van der Waals surface area contributed by atoms with Crippen molar-refractivity contribution in [2.75, 3.05) is 6.61 Å². The molecule has 0 aliphatic carbocycles. The first-order valence-electron chi connectivity index (χ1n) is 4.58. The van der Waals surface area contributed by atoms with E-state index in [0.717, 1.165) is 11.3 Å². The molecule has 0 N–H and O–H groups in total. The number of hydrogen-bond donors (Lipinski definition) is 0. The number of rotatable bonds is 3. The summed E-state index contributed by atoms with van der Waals surface area (Å²) in [5.41, 5.74) is 0.642. The summed E-state index contributed by atoms with van der Waals surface area (Å²) in [4.78, 5) is 19.2.